The molecule has 0 radical (unpaired) electrons. The summed E-state index contributed by atoms with van der Waals surface area (Å²) in [5, 5.41) is 0. The van der Waals surface area contributed by atoms with Crippen molar-refractivity contribution in [3.8, 4) is 0 Å². The SMILES string of the molecule is C=C[C@]1(c2ccccc2)C/C=C(/c2ccccc2)C(=O)CCC1=C. The lowest BCUT2D eigenvalue weighted by Crippen LogP contribution is -2.27. The third kappa shape index (κ3) is 2.90. The molecule has 0 spiro atoms. The lowest BCUT2D eigenvalue weighted by atomic mass is 9.69. The van der Waals surface area contributed by atoms with E-state index in [2.05, 4.69) is 31.4 Å². The van der Waals surface area contributed by atoms with Crippen molar-refractivity contribution in [1.29, 1.82) is 0 Å². The average molecular weight is 314 g/mol. The van der Waals surface area contributed by atoms with Crippen LogP contribution in [0.4, 0.5) is 0 Å². The van der Waals surface area contributed by atoms with Crippen LogP contribution in [0.5, 0.6) is 0 Å². The molecule has 24 heavy (non-hydrogen) atoms. The predicted octanol–water partition coefficient (Wildman–Crippen LogP) is 5.50. The number of benzene rings is 2. The standard InChI is InChI=1S/C23H22O/c1-3-23(20-12-8-5-9-13-20)17-16-21(19-10-6-4-7-11-19)22(24)15-14-18(23)2/h3-13,16H,1-2,14-15,17H2/b21-16-/t23-/m0/s1. The molecule has 0 N–H and O–H groups in total. The van der Waals surface area contributed by atoms with Crippen LogP contribution in [0.1, 0.15) is 30.4 Å². The van der Waals surface area contributed by atoms with Gasteiger partial charge >= 0.3 is 0 Å². The highest BCUT2D eigenvalue weighted by atomic mass is 16.1. The van der Waals surface area contributed by atoms with Crippen molar-refractivity contribution in [1.82, 2.24) is 0 Å². The van der Waals surface area contributed by atoms with Crippen molar-refractivity contribution in [3.63, 3.8) is 0 Å². The van der Waals surface area contributed by atoms with Gasteiger partial charge < -0.3 is 0 Å². The molecular formula is C23H22O. The fourth-order valence-corrected chi connectivity index (χ4v) is 3.44. The molecule has 0 saturated carbocycles. The molecule has 1 aliphatic carbocycles. The Bertz CT molecular complexity index is 783. The molecule has 0 amide bonds. The largest absolute Gasteiger partial charge is 0.294 e. The van der Waals surface area contributed by atoms with E-state index < -0.39 is 0 Å². The van der Waals surface area contributed by atoms with Gasteiger partial charge in [0.2, 0.25) is 0 Å². The number of hydrogen-bond acceptors (Lipinski definition) is 1. The topological polar surface area (TPSA) is 17.1 Å². The molecule has 1 nitrogen and oxygen atoms in total. The highest BCUT2D eigenvalue weighted by Gasteiger charge is 2.33. The Morgan fingerprint density at radius 1 is 0.917 bits per heavy atom. The molecule has 1 aliphatic rings. The summed E-state index contributed by atoms with van der Waals surface area (Å²) < 4.78 is 0. The van der Waals surface area contributed by atoms with Gasteiger partial charge in [-0.1, -0.05) is 85.0 Å². The van der Waals surface area contributed by atoms with E-state index in [4.69, 9.17) is 0 Å². The fourth-order valence-electron chi connectivity index (χ4n) is 3.44. The summed E-state index contributed by atoms with van der Waals surface area (Å²) in [5.41, 5.74) is 3.72. The number of carbonyl (C=O) groups is 1. The molecule has 0 heterocycles. The van der Waals surface area contributed by atoms with E-state index in [1.54, 1.807) is 0 Å². The molecule has 3 rings (SSSR count). The first-order chi connectivity index (χ1) is 11.7. The zero-order chi connectivity index (χ0) is 17.0. The van der Waals surface area contributed by atoms with Gasteiger partial charge in [-0.25, -0.2) is 0 Å². The minimum absolute atomic E-state index is 0.188. The Labute approximate surface area is 144 Å². The van der Waals surface area contributed by atoms with Gasteiger partial charge in [-0.15, -0.1) is 6.58 Å². The number of rotatable bonds is 3. The first-order valence-corrected chi connectivity index (χ1v) is 8.33. The van der Waals surface area contributed by atoms with Crippen LogP contribution in [0.25, 0.3) is 5.57 Å². The van der Waals surface area contributed by atoms with Crippen molar-refractivity contribution in [2.24, 2.45) is 0 Å². The van der Waals surface area contributed by atoms with Crippen molar-refractivity contribution < 1.29 is 4.79 Å². The van der Waals surface area contributed by atoms with Gasteiger partial charge in [-0.05, 0) is 24.0 Å². The average Bonchev–Trinajstić information content (AvgIpc) is 2.64. The third-order valence-electron chi connectivity index (χ3n) is 4.94. The minimum atomic E-state index is -0.317. The second-order valence-electron chi connectivity index (χ2n) is 6.26. The van der Waals surface area contributed by atoms with Crippen LogP contribution in [-0.4, -0.2) is 5.78 Å². The normalized spacial score (nSPS) is 23.8. The van der Waals surface area contributed by atoms with E-state index in [9.17, 15) is 4.79 Å². The monoisotopic (exact) mass is 314 g/mol. The van der Waals surface area contributed by atoms with E-state index in [0.717, 1.165) is 16.7 Å². The Morgan fingerprint density at radius 2 is 1.54 bits per heavy atom. The third-order valence-corrected chi connectivity index (χ3v) is 4.94. The summed E-state index contributed by atoms with van der Waals surface area (Å²) in [7, 11) is 0. The molecular weight excluding hydrogens is 292 g/mol. The quantitative estimate of drug-likeness (QED) is 0.683. The maximum absolute atomic E-state index is 12.6. The maximum Gasteiger partial charge on any atom is 0.163 e. The van der Waals surface area contributed by atoms with Crippen molar-refractivity contribution in [2.45, 2.75) is 24.7 Å². The molecule has 0 fully saturated rings. The van der Waals surface area contributed by atoms with E-state index in [1.165, 1.54) is 5.56 Å². The van der Waals surface area contributed by atoms with Crippen LogP contribution in [0.3, 0.4) is 0 Å². The Kier molecular flexibility index (Phi) is 4.61. The minimum Gasteiger partial charge on any atom is -0.294 e. The van der Waals surface area contributed by atoms with E-state index in [0.29, 0.717) is 19.3 Å². The van der Waals surface area contributed by atoms with Gasteiger partial charge in [0.25, 0.3) is 0 Å². The van der Waals surface area contributed by atoms with Crippen LogP contribution in [0, 0.1) is 0 Å². The van der Waals surface area contributed by atoms with Gasteiger partial charge in [0.15, 0.2) is 5.78 Å². The summed E-state index contributed by atoms with van der Waals surface area (Å²) in [6, 6.07) is 20.2. The van der Waals surface area contributed by atoms with Gasteiger partial charge in [-0.2, -0.15) is 0 Å². The number of hydrogen-bond donors (Lipinski definition) is 0. The lowest BCUT2D eigenvalue weighted by molar-refractivity contribution is -0.113. The van der Waals surface area contributed by atoms with E-state index in [1.807, 2.05) is 54.6 Å². The summed E-state index contributed by atoms with van der Waals surface area (Å²) in [5.74, 6) is 0.188. The molecule has 2 aromatic carbocycles. The Balaban J connectivity index is 2.09. The smallest absolute Gasteiger partial charge is 0.163 e. The molecule has 0 aliphatic heterocycles. The van der Waals surface area contributed by atoms with E-state index in [-0.39, 0.29) is 11.2 Å². The van der Waals surface area contributed by atoms with Gasteiger partial charge in [0.1, 0.15) is 0 Å². The highest BCUT2D eigenvalue weighted by Crippen LogP contribution is 2.41. The molecule has 0 aromatic heterocycles. The number of Topliss-reactive ketones (excluding diaryl/α,β-unsaturated/α-hetero) is 1. The Hall–Kier alpha value is -2.67. The number of carbonyl (C=O) groups excluding carboxylic acids is 1. The summed E-state index contributed by atoms with van der Waals surface area (Å²) >= 11 is 0. The van der Waals surface area contributed by atoms with Crippen molar-refractivity contribution in [2.75, 3.05) is 0 Å². The van der Waals surface area contributed by atoms with Crippen LogP contribution >= 0.6 is 0 Å². The summed E-state index contributed by atoms with van der Waals surface area (Å²) in [4.78, 5) is 12.6. The maximum atomic E-state index is 12.6. The van der Waals surface area contributed by atoms with Gasteiger partial charge in [0.05, 0.1) is 0 Å². The van der Waals surface area contributed by atoms with Crippen LogP contribution < -0.4 is 0 Å². The van der Waals surface area contributed by atoms with Crippen LogP contribution in [0.15, 0.2) is 91.5 Å². The second-order valence-corrected chi connectivity index (χ2v) is 6.26. The zero-order valence-corrected chi connectivity index (χ0v) is 13.9. The van der Waals surface area contributed by atoms with E-state index >= 15 is 0 Å². The van der Waals surface area contributed by atoms with Crippen molar-refractivity contribution >= 4 is 11.4 Å². The molecule has 2 aromatic rings. The summed E-state index contributed by atoms with van der Waals surface area (Å²) in [6.07, 6.45) is 5.93. The Morgan fingerprint density at radius 3 is 2.17 bits per heavy atom. The first kappa shape index (κ1) is 16.2. The fraction of sp³-hybridized carbons (Fsp3) is 0.174. The van der Waals surface area contributed by atoms with Crippen LogP contribution in [0.2, 0.25) is 0 Å². The second kappa shape index (κ2) is 6.84. The molecule has 1 heteroatoms. The molecule has 0 unspecified atom stereocenters. The van der Waals surface area contributed by atoms with Crippen molar-refractivity contribution in [3.05, 3.63) is 103 Å². The molecule has 0 bridgehead atoms. The molecule has 120 valence electrons. The predicted molar refractivity (Wildman–Crippen MR) is 101 cm³/mol. The lowest BCUT2D eigenvalue weighted by Gasteiger charge is -2.34. The zero-order valence-electron chi connectivity index (χ0n) is 13.9. The molecule has 1 atom stereocenters. The number of ketones is 1. The first-order valence-electron chi connectivity index (χ1n) is 8.33. The van der Waals surface area contributed by atoms with Gasteiger partial charge in [-0.3, -0.25) is 4.79 Å². The van der Waals surface area contributed by atoms with Crippen LogP contribution in [-0.2, 0) is 10.2 Å². The van der Waals surface area contributed by atoms with Gasteiger partial charge in [0, 0.05) is 17.4 Å². The molecule has 0 saturated heterocycles. The number of allylic oxidation sites excluding steroid dienone is 4. The summed E-state index contributed by atoms with van der Waals surface area (Å²) in [6.45, 7) is 8.39. The highest BCUT2D eigenvalue weighted by molar-refractivity contribution is 6.20.